The van der Waals surface area contributed by atoms with Crippen LogP contribution in [0.5, 0.6) is 0 Å². The fraction of sp³-hybridized carbons (Fsp3) is 0.615. The Hall–Kier alpha value is -1.13. The van der Waals surface area contributed by atoms with Crippen LogP contribution in [-0.2, 0) is 13.0 Å². The van der Waals surface area contributed by atoms with Crippen LogP contribution in [0.15, 0.2) is 12.1 Å². The van der Waals surface area contributed by atoms with Crippen molar-refractivity contribution in [3.8, 4) is 0 Å². The molecule has 0 bridgehead atoms. The van der Waals surface area contributed by atoms with Crippen LogP contribution in [-0.4, -0.2) is 49.7 Å². The number of rotatable bonds is 1. The van der Waals surface area contributed by atoms with Crippen molar-refractivity contribution in [2.75, 3.05) is 44.7 Å². The third kappa shape index (κ3) is 2.28. The molecule has 17 heavy (non-hydrogen) atoms. The second-order valence-electron chi connectivity index (χ2n) is 4.99. The molecule has 1 aromatic rings. The van der Waals surface area contributed by atoms with E-state index in [9.17, 15) is 0 Å². The molecule has 0 radical (unpaired) electrons. The molecule has 0 aromatic carbocycles. The second kappa shape index (κ2) is 4.63. The molecule has 0 spiro atoms. The highest BCUT2D eigenvalue weighted by Crippen LogP contribution is 2.18. The maximum absolute atomic E-state index is 4.83. The van der Waals surface area contributed by atoms with E-state index in [-0.39, 0.29) is 0 Å². The van der Waals surface area contributed by atoms with E-state index in [0.717, 1.165) is 45.7 Å². The number of hydrogen-bond acceptors (Lipinski definition) is 4. The topological polar surface area (TPSA) is 31.4 Å². The van der Waals surface area contributed by atoms with E-state index >= 15 is 0 Å². The summed E-state index contributed by atoms with van der Waals surface area (Å²) in [5.74, 6) is 1.17. The van der Waals surface area contributed by atoms with E-state index in [1.54, 1.807) is 0 Å². The van der Waals surface area contributed by atoms with Gasteiger partial charge in [0.1, 0.15) is 5.82 Å². The summed E-state index contributed by atoms with van der Waals surface area (Å²) < 4.78 is 0. The van der Waals surface area contributed by atoms with Gasteiger partial charge in [-0.2, -0.15) is 0 Å². The summed E-state index contributed by atoms with van der Waals surface area (Å²) in [5, 5.41) is 3.39. The molecule has 3 rings (SSSR count). The average molecular weight is 232 g/mol. The zero-order valence-corrected chi connectivity index (χ0v) is 10.4. The Bertz CT molecular complexity index is 396. The number of hydrogen-bond donors (Lipinski definition) is 1. The van der Waals surface area contributed by atoms with Gasteiger partial charge in [0, 0.05) is 51.4 Å². The first-order valence-electron chi connectivity index (χ1n) is 6.46. The van der Waals surface area contributed by atoms with Gasteiger partial charge in [0.25, 0.3) is 0 Å². The second-order valence-corrected chi connectivity index (χ2v) is 4.99. The number of likely N-dealkylation sites (N-methyl/N-ethyl adjacent to an activating group) is 1. The number of pyridine rings is 1. The van der Waals surface area contributed by atoms with Gasteiger partial charge >= 0.3 is 0 Å². The van der Waals surface area contributed by atoms with Crippen molar-refractivity contribution in [3.63, 3.8) is 0 Å². The third-order valence-corrected chi connectivity index (χ3v) is 3.74. The fourth-order valence-electron chi connectivity index (χ4n) is 2.54. The van der Waals surface area contributed by atoms with Gasteiger partial charge in [-0.05, 0) is 18.7 Å². The SMILES string of the molecule is CN1CCN(c2ccc3c(n2)CCNC3)CC1. The molecule has 0 atom stereocenters. The molecule has 4 nitrogen and oxygen atoms in total. The van der Waals surface area contributed by atoms with Crippen LogP contribution in [0.4, 0.5) is 5.82 Å². The number of nitrogens with zero attached hydrogens (tertiary/aromatic N) is 3. The third-order valence-electron chi connectivity index (χ3n) is 3.74. The first-order chi connectivity index (χ1) is 8.33. The van der Waals surface area contributed by atoms with Crippen molar-refractivity contribution in [2.45, 2.75) is 13.0 Å². The molecular weight excluding hydrogens is 212 g/mol. The van der Waals surface area contributed by atoms with E-state index in [1.165, 1.54) is 17.1 Å². The zero-order chi connectivity index (χ0) is 11.7. The molecule has 2 aliphatic heterocycles. The van der Waals surface area contributed by atoms with Crippen LogP contribution in [0.25, 0.3) is 0 Å². The highest BCUT2D eigenvalue weighted by Gasteiger charge is 2.17. The van der Waals surface area contributed by atoms with Gasteiger partial charge in [-0.1, -0.05) is 6.07 Å². The number of piperazine rings is 1. The van der Waals surface area contributed by atoms with Crippen molar-refractivity contribution in [1.82, 2.24) is 15.2 Å². The Morgan fingerprint density at radius 3 is 2.82 bits per heavy atom. The highest BCUT2D eigenvalue weighted by atomic mass is 15.3. The Morgan fingerprint density at radius 2 is 2.00 bits per heavy atom. The molecule has 0 amide bonds. The maximum atomic E-state index is 4.83. The van der Waals surface area contributed by atoms with Crippen LogP contribution in [0, 0.1) is 0 Å². The quantitative estimate of drug-likeness (QED) is 0.763. The highest BCUT2D eigenvalue weighted by molar-refractivity contribution is 5.43. The fourth-order valence-corrected chi connectivity index (χ4v) is 2.54. The molecule has 0 aliphatic carbocycles. The number of aromatic nitrogens is 1. The molecule has 0 saturated carbocycles. The van der Waals surface area contributed by atoms with Crippen molar-refractivity contribution in [2.24, 2.45) is 0 Å². The largest absolute Gasteiger partial charge is 0.354 e. The molecule has 3 heterocycles. The van der Waals surface area contributed by atoms with E-state index in [0.29, 0.717) is 0 Å². The van der Waals surface area contributed by atoms with Gasteiger partial charge in [-0.15, -0.1) is 0 Å². The van der Waals surface area contributed by atoms with Crippen molar-refractivity contribution in [1.29, 1.82) is 0 Å². The minimum absolute atomic E-state index is 0.978. The number of fused-ring (bicyclic) bond motifs is 1. The minimum atomic E-state index is 0.978. The van der Waals surface area contributed by atoms with E-state index in [1.807, 2.05) is 0 Å². The monoisotopic (exact) mass is 232 g/mol. The van der Waals surface area contributed by atoms with Crippen LogP contribution in [0.3, 0.4) is 0 Å². The molecule has 1 saturated heterocycles. The predicted molar refractivity (Wildman–Crippen MR) is 69.4 cm³/mol. The zero-order valence-electron chi connectivity index (χ0n) is 10.4. The van der Waals surface area contributed by atoms with Crippen molar-refractivity contribution in [3.05, 3.63) is 23.4 Å². The first-order valence-corrected chi connectivity index (χ1v) is 6.46. The van der Waals surface area contributed by atoms with Crippen molar-refractivity contribution < 1.29 is 0 Å². The molecule has 2 aliphatic rings. The molecule has 0 unspecified atom stereocenters. The lowest BCUT2D eigenvalue weighted by Gasteiger charge is -2.33. The van der Waals surface area contributed by atoms with Gasteiger partial charge < -0.3 is 15.1 Å². The van der Waals surface area contributed by atoms with E-state index in [2.05, 4.69) is 34.3 Å². The summed E-state index contributed by atoms with van der Waals surface area (Å²) in [4.78, 5) is 9.61. The Balaban J connectivity index is 1.79. The van der Waals surface area contributed by atoms with Gasteiger partial charge in [-0.25, -0.2) is 4.98 Å². The summed E-state index contributed by atoms with van der Waals surface area (Å²) in [6, 6.07) is 4.42. The smallest absolute Gasteiger partial charge is 0.128 e. The molecule has 1 aromatic heterocycles. The Kier molecular flexibility index (Phi) is 2.99. The Morgan fingerprint density at radius 1 is 1.18 bits per heavy atom. The molecule has 1 fully saturated rings. The van der Waals surface area contributed by atoms with Crippen LogP contribution >= 0.6 is 0 Å². The lowest BCUT2D eigenvalue weighted by atomic mass is 10.1. The number of nitrogens with one attached hydrogen (secondary N) is 1. The maximum Gasteiger partial charge on any atom is 0.128 e. The van der Waals surface area contributed by atoms with Crippen LogP contribution in [0.1, 0.15) is 11.3 Å². The van der Waals surface area contributed by atoms with Gasteiger partial charge in [0.05, 0.1) is 0 Å². The summed E-state index contributed by atoms with van der Waals surface area (Å²) >= 11 is 0. The lowest BCUT2D eigenvalue weighted by Crippen LogP contribution is -2.45. The van der Waals surface area contributed by atoms with E-state index in [4.69, 9.17) is 4.98 Å². The summed E-state index contributed by atoms with van der Waals surface area (Å²) in [6.07, 6.45) is 1.07. The minimum Gasteiger partial charge on any atom is -0.354 e. The molecule has 1 N–H and O–H groups in total. The first kappa shape index (κ1) is 11.0. The van der Waals surface area contributed by atoms with Crippen molar-refractivity contribution >= 4 is 5.82 Å². The van der Waals surface area contributed by atoms with Crippen LogP contribution in [0.2, 0.25) is 0 Å². The standard InChI is InChI=1S/C13H20N4/c1-16-6-8-17(9-7-16)13-3-2-11-10-14-5-4-12(11)15-13/h2-3,14H,4-10H2,1H3. The average Bonchev–Trinajstić information content (AvgIpc) is 2.39. The summed E-state index contributed by atoms with van der Waals surface area (Å²) in [5.41, 5.74) is 2.66. The Labute approximate surface area is 103 Å². The summed E-state index contributed by atoms with van der Waals surface area (Å²) in [6.45, 7) is 6.51. The normalized spacial score (nSPS) is 21.4. The number of anilines is 1. The predicted octanol–water partition coefficient (Wildman–Crippen LogP) is 0.479. The van der Waals surface area contributed by atoms with Gasteiger partial charge in [0.2, 0.25) is 0 Å². The van der Waals surface area contributed by atoms with Crippen LogP contribution < -0.4 is 10.2 Å². The van der Waals surface area contributed by atoms with Gasteiger partial charge in [0.15, 0.2) is 0 Å². The molecule has 4 heteroatoms. The van der Waals surface area contributed by atoms with E-state index < -0.39 is 0 Å². The van der Waals surface area contributed by atoms with Gasteiger partial charge in [-0.3, -0.25) is 0 Å². The molecule has 92 valence electrons. The lowest BCUT2D eigenvalue weighted by molar-refractivity contribution is 0.312. The molecular formula is C13H20N4. The summed E-state index contributed by atoms with van der Waals surface area (Å²) in [7, 11) is 2.18.